The number of hydrogen-bond acceptors (Lipinski definition) is 7. The number of ether oxygens (including phenoxy) is 2. The average molecular weight is 514 g/mol. The molecule has 0 saturated carbocycles. The van der Waals surface area contributed by atoms with Crippen LogP contribution in [-0.4, -0.2) is 50.9 Å². The highest BCUT2D eigenvalue weighted by molar-refractivity contribution is 7.93. The molecule has 0 saturated heterocycles. The van der Waals surface area contributed by atoms with Crippen molar-refractivity contribution in [3.05, 3.63) is 36.4 Å². The first-order chi connectivity index (χ1) is 15.8. The second-order valence-corrected chi connectivity index (χ2v) is 13.1. The van der Waals surface area contributed by atoms with Crippen LogP contribution in [0.1, 0.15) is 34.1 Å². The zero-order valence-electron chi connectivity index (χ0n) is 19.8. The van der Waals surface area contributed by atoms with Crippen LogP contribution in [-0.2, 0) is 19.9 Å². The molecule has 1 N–H and O–H groups in total. The Kier molecular flexibility index (Phi) is 6.87. The number of aromatic nitrogens is 2. The monoisotopic (exact) mass is 513 g/mol. The lowest BCUT2D eigenvalue weighted by Crippen LogP contribution is -2.28. The van der Waals surface area contributed by atoms with Gasteiger partial charge in [-0.2, -0.15) is 0 Å². The number of halogens is 1. The van der Waals surface area contributed by atoms with Gasteiger partial charge in [-0.1, -0.05) is 6.92 Å². The Hall–Kier alpha value is -2.86. The summed E-state index contributed by atoms with van der Waals surface area (Å²) in [6.07, 6.45) is 3.05. The summed E-state index contributed by atoms with van der Waals surface area (Å²) in [7, 11) is -4.98. The van der Waals surface area contributed by atoms with Crippen molar-refractivity contribution >= 4 is 31.2 Å². The molecule has 0 unspecified atom stereocenters. The number of nitrogens with one attached hydrogen (secondary N) is 1. The maximum Gasteiger partial charge on any atom is 0.232 e. The SMILES string of the molecule is CCCS(=O)(=O)Nc1c(OC)ccc(-c2cnc3cc(OC)c(S(=O)(=O)C(C)(C)C)cn23)c1F. The number of imidazole rings is 1. The molecule has 2 aromatic heterocycles. The Morgan fingerprint density at radius 1 is 1.09 bits per heavy atom. The van der Waals surface area contributed by atoms with E-state index in [4.69, 9.17) is 9.47 Å². The van der Waals surface area contributed by atoms with Crippen molar-refractivity contribution in [2.24, 2.45) is 0 Å². The van der Waals surface area contributed by atoms with Gasteiger partial charge in [-0.3, -0.25) is 9.12 Å². The summed E-state index contributed by atoms with van der Waals surface area (Å²) in [5, 5.41) is 0. The number of pyridine rings is 1. The van der Waals surface area contributed by atoms with Gasteiger partial charge in [0.2, 0.25) is 10.0 Å². The van der Waals surface area contributed by atoms with Gasteiger partial charge in [-0.15, -0.1) is 0 Å². The third kappa shape index (κ3) is 4.56. The maximum absolute atomic E-state index is 15.7. The number of sulfone groups is 1. The van der Waals surface area contributed by atoms with Crippen LogP contribution in [0.4, 0.5) is 10.1 Å². The average Bonchev–Trinajstić information content (AvgIpc) is 3.15. The fraction of sp³-hybridized carbons (Fsp3) is 0.409. The molecule has 0 aliphatic heterocycles. The van der Waals surface area contributed by atoms with Crippen LogP contribution in [0.5, 0.6) is 11.5 Å². The quantitative estimate of drug-likeness (QED) is 0.486. The molecule has 0 amide bonds. The lowest BCUT2D eigenvalue weighted by molar-refractivity contribution is 0.401. The highest BCUT2D eigenvalue weighted by atomic mass is 32.2. The van der Waals surface area contributed by atoms with Gasteiger partial charge in [0.25, 0.3) is 0 Å². The topological polar surface area (TPSA) is 116 Å². The van der Waals surface area contributed by atoms with Gasteiger partial charge in [0.05, 0.1) is 36.6 Å². The largest absolute Gasteiger partial charge is 0.495 e. The van der Waals surface area contributed by atoms with E-state index in [-0.39, 0.29) is 39.1 Å². The molecule has 0 aliphatic carbocycles. The van der Waals surface area contributed by atoms with Gasteiger partial charge < -0.3 is 9.47 Å². The van der Waals surface area contributed by atoms with Crippen molar-refractivity contribution in [3.63, 3.8) is 0 Å². The number of sulfonamides is 1. The first-order valence-electron chi connectivity index (χ1n) is 10.4. The predicted molar refractivity (Wildman–Crippen MR) is 128 cm³/mol. The second kappa shape index (κ2) is 9.06. The van der Waals surface area contributed by atoms with E-state index in [0.717, 1.165) is 0 Å². The molecule has 0 spiro atoms. The molecule has 12 heteroatoms. The van der Waals surface area contributed by atoms with Crippen molar-refractivity contribution in [1.29, 1.82) is 0 Å². The molecule has 0 aliphatic rings. The number of hydrogen-bond donors (Lipinski definition) is 1. The van der Waals surface area contributed by atoms with Crippen LogP contribution in [0.2, 0.25) is 0 Å². The van der Waals surface area contributed by atoms with E-state index in [1.54, 1.807) is 27.7 Å². The van der Waals surface area contributed by atoms with Crippen LogP contribution in [0.3, 0.4) is 0 Å². The van der Waals surface area contributed by atoms with Gasteiger partial charge in [0, 0.05) is 17.8 Å². The molecule has 186 valence electrons. The van der Waals surface area contributed by atoms with Crippen LogP contribution in [0, 0.1) is 5.82 Å². The summed E-state index contributed by atoms with van der Waals surface area (Å²) in [6, 6.07) is 4.30. The molecule has 3 rings (SSSR count). The van der Waals surface area contributed by atoms with Crippen LogP contribution in [0.15, 0.2) is 35.5 Å². The first kappa shape index (κ1) is 25.8. The van der Waals surface area contributed by atoms with E-state index in [0.29, 0.717) is 12.1 Å². The van der Waals surface area contributed by atoms with Crippen molar-refractivity contribution in [3.8, 4) is 22.8 Å². The van der Waals surface area contributed by atoms with Crippen molar-refractivity contribution in [1.82, 2.24) is 9.38 Å². The Labute approximate surface area is 198 Å². The molecule has 34 heavy (non-hydrogen) atoms. The van der Waals surface area contributed by atoms with Crippen molar-refractivity contribution in [2.75, 3.05) is 24.7 Å². The fourth-order valence-corrected chi connectivity index (χ4v) is 5.83. The number of fused-ring (bicyclic) bond motifs is 1. The zero-order valence-corrected chi connectivity index (χ0v) is 21.5. The minimum absolute atomic E-state index is 0.00627. The maximum atomic E-state index is 15.7. The van der Waals surface area contributed by atoms with E-state index in [2.05, 4.69) is 9.71 Å². The molecule has 0 bridgehead atoms. The highest BCUT2D eigenvalue weighted by Crippen LogP contribution is 2.38. The van der Waals surface area contributed by atoms with Gasteiger partial charge >= 0.3 is 0 Å². The molecule has 9 nitrogen and oxygen atoms in total. The number of benzene rings is 1. The fourth-order valence-electron chi connectivity index (χ4n) is 3.37. The Bertz CT molecular complexity index is 1440. The number of anilines is 1. The number of nitrogens with zero attached hydrogens (tertiary/aromatic N) is 2. The van der Waals surface area contributed by atoms with Crippen LogP contribution >= 0.6 is 0 Å². The predicted octanol–water partition coefficient (Wildman–Crippen LogP) is 3.88. The molecule has 0 radical (unpaired) electrons. The van der Waals surface area contributed by atoms with Crippen LogP contribution < -0.4 is 14.2 Å². The molecule has 3 aromatic rings. The molecular formula is C22H28FN3O6S2. The molecule has 1 aromatic carbocycles. The molecular weight excluding hydrogens is 485 g/mol. The van der Waals surface area contributed by atoms with Gasteiger partial charge in [-0.25, -0.2) is 26.2 Å². The zero-order chi connectivity index (χ0) is 25.5. The summed E-state index contributed by atoms with van der Waals surface area (Å²) in [5.74, 6) is -0.949. The van der Waals surface area contributed by atoms with Gasteiger partial charge in [0.15, 0.2) is 15.7 Å². The standard InChI is InChI=1S/C22H28FN3O6S2/c1-7-10-33(27,28)25-21-16(31-5)9-8-14(20(21)23)15-12-24-19-11-17(32-6)18(13-26(15)19)34(29,30)22(2,3)4/h8-9,11-13,25H,7,10H2,1-6H3. The van der Waals surface area contributed by atoms with E-state index >= 15 is 4.39 Å². The normalized spacial score (nSPS) is 12.7. The van der Waals surface area contributed by atoms with E-state index < -0.39 is 30.4 Å². The second-order valence-electron chi connectivity index (χ2n) is 8.62. The highest BCUT2D eigenvalue weighted by Gasteiger charge is 2.34. The van der Waals surface area contributed by atoms with Crippen molar-refractivity contribution < 1.29 is 30.7 Å². The van der Waals surface area contributed by atoms with E-state index in [1.807, 2.05) is 0 Å². The van der Waals surface area contributed by atoms with Gasteiger partial charge in [-0.05, 0) is 39.3 Å². The Balaban J connectivity index is 2.28. The number of rotatable bonds is 8. The lowest BCUT2D eigenvalue weighted by Gasteiger charge is -2.21. The number of methoxy groups -OCH3 is 2. The third-order valence-corrected chi connectivity index (χ3v) is 9.18. The summed E-state index contributed by atoms with van der Waals surface area (Å²) in [4.78, 5) is 4.18. The molecule has 0 atom stereocenters. The summed E-state index contributed by atoms with van der Waals surface area (Å²) in [6.45, 7) is 6.40. The third-order valence-electron chi connectivity index (χ3n) is 5.22. The van der Waals surface area contributed by atoms with Crippen molar-refractivity contribution in [2.45, 2.75) is 43.8 Å². The summed E-state index contributed by atoms with van der Waals surface area (Å²) >= 11 is 0. The molecule has 0 fully saturated rings. The first-order valence-corrected chi connectivity index (χ1v) is 13.6. The summed E-state index contributed by atoms with van der Waals surface area (Å²) in [5.41, 5.74) is 0.216. The van der Waals surface area contributed by atoms with Crippen LogP contribution in [0.25, 0.3) is 16.9 Å². The molecule has 2 heterocycles. The van der Waals surface area contributed by atoms with E-state index in [9.17, 15) is 16.8 Å². The minimum Gasteiger partial charge on any atom is -0.495 e. The lowest BCUT2D eigenvalue weighted by atomic mass is 10.1. The van der Waals surface area contributed by atoms with Gasteiger partial charge in [0.1, 0.15) is 27.7 Å². The smallest absolute Gasteiger partial charge is 0.232 e. The Morgan fingerprint density at radius 2 is 1.74 bits per heavy atom. The Morgan fingerprint density at radius 3 is 2.29 bits per heavy atom. The minimum atomic E-state index is -3.83. The van der Waals surface area contributed by atoms with E-state index in [1.165, 1.54) is 49.2 Å². The summed E-state index contributed by atoms with van der Waals surface area (Å²) < 4.78 is 79.7.